The summed E-state index contributed by atoms with van der Waals surface area (Å²) in [5.74, 6) is -0.387. The zero-order valence-corrected chi connectivity index (χ0v) is 9.45. The highest BCUT2D eigenvalue weighted by molar-refractivity contribution is 9.10. The maximum atomic E-state index is 13.0. The lowest BCUT2D eigenvalue weighted by molar-refractivity contribution is 0.589. The first kappa shape index (κ1) is 10.6. The quantitative estimate of drug-likeness (QED) is 0.872. The highest BCUT2D eigenvalue weighted by Crippen LogP contribution is 2.30. The third kappa shape index (κ3) is 1.77. The molecule has 6 heteroatoms. The molecule has 0 saturated heterocycles. The summed E-state index contributed by atoms with van der Waals surface area (Å²) in [5.41, 5.74) is 5.82. The molecule has 80 valence electrons. The fourth-order valence-corrected chi connectivity index (χ4v) is 1.60. The van der Waals surface area contributed by atoms with Crippen molar-refractivity contribution in [3.63, 3.8) is 0 Å². The molecule has 0 aliphatic carbocycles. The Morgan fingerprint density at radius 2 is 2.25 bits per heavy atom. The van der Waals surface area contributed by atoms with Gasteiger partial charge in [-0.3, -0.25) is 0 Å². The Morgan fingerprint density at radius 3 is 2.88 bits per heavy atom. The van der Waals surface area contributed by atoms with Crippen molar-refractivity contribution in [2.45, 2.75) is 0 Å². The van der Waals surface area contributed by atoms with Crippen molar-refractivity contribution >= 4 is 21.8 Å². The van der Waals surface area contributed by atoms with Gasteiger partial charge in [0.25, 0.3) is 0 Å². The maximum absolute atomic E-state index is 13.0. The Bertz CT molecular complexity index is 588. The average molecular weight is 282 g/mol. The van der Waals surface area contributed by atoms with Crippen LogP contribution < -0.4 is 5.73 Å². The number of aromatic nitrogens is 1. The van der Waals surface area contributed by atoms with Crippen LogP contribution in [0.4, 0.5) is 10.3 Å². The zero-order valence-electron chi connectivity index (χ0n) is 7.87. The molecule has 0 fully saturated rings. The molecule has 0 saturated carbocycles. The summed E-state index contributed by atoms with van der Waals surface area (Å²) in [5, 5.41) is 8.66. The minimum Gasteiger partial charge on any atom is -0.419 e. The van der Waals surface area contributed by atoms with Crippen molar-refractivity contribution in [3.8, 4) is 17.5 Å². The van der Waals surface area contributed by atoms with E-state index in [1.165, 1.54) is 18.2 Å². The van der Waals surface area contributed by atoms with Crippen molar-refractivity contribution in [2.75, 3.05) is 5.73 Å². The van der Waals surface area contributed by atoms with Gasteiger partial charge >= 0.3 is 0 Å². The molecular weight excluding hydrogens is 277 g/mol. The van der Waals surface area contributed by atoms with Gasteiger partial charge in [-0.25, -0.2) is 4.39 Å². The number of rotatable bonds is 1. The van der Waals surface area contributed by atoms with Crippen molar-refractivity contribution in [1.29, 1.82) is 5.26 Å². The first-order chi connectivity index (χ1) is 7.61. The Hall–Kier alpha value is -1.87. The lowest BCUT2D eigenvalue weighted by Gasteiger charge is -1.98. The number of hydrogen-bond acceptors (Lipinski definition) is 4. The maximum Gasteiger partial charge on any atom is 0.231 e. The zero-order chi connectivity index (χ0) is 11.7. The van der Waals surface area contributed by atoms with Crippen LogP contribution in [0.1, 0.15) is 5.69 Å². The second kappa shape index (κ2) is 3.94. The Morgan fingerprint density at radius 1 is 1.50 bits per heavy atom. The summed E-state index contributed by atoms with van der Waals surface area (Å²) in [6, 6.07) is 5.85. The molecule has 1 heterocycles. The van der Waals surface area contributed by atoms with Crippen LogP contribution in [0, 0.1) is 17.1 Å². The lowest BCUT2D eigenvalue weighted by Crippen LogP contribution is -1.84. The smallest absolute Gasteiger partial charge is 0.231 e. The first-order valence-corrected chi connectivity index (χ1v) is 5.03. The van der Waals surface area contributed by atoms with E-state index in [0.717, 1.165) is 0 Å². The van der Waals surface area contributed by atoms with Crippen LogP contribution in [0.3, 0.4) is 0 Å². The van der Waals surface area contributed by atoms with Gasteiger partial charge in [0.15, 0.2) is 0 Å². The van der Waals surface area contributed by atoms with Crippen LogP contribution in [0.15, 0.2) is 27.1 Å². The lowest BCUT2D eigenvalue weighted by atomic mass is 10.2. The summed E-state index contributed by atoms with van der Waals surface area (Å²) in [7, 11) is 0. The summed E-state index contributed by atoms with van der Waals surface area (Å²) in [4.78, 5) is 3.85. The number of anilines is 1. The molecule has 0 spiro atoms. The van der Waals surface area contributed by atoms with Crippen molar-refractivity contribution in [3.05, 3.63) is 34.2 Å². The molecule has 0 unspecified atom stereocenters. The molecule has 0 atom stereocenters. The monoisotopic (exact) mass is 281 g/mol. The standard InChI is InChI=1S/C10H5BrFN3O/c11-7-2-1-5(12)3-6(7)10-15-8(4-13)9(14)16-10/h1-3H,14H2. The van der Waals surface area contributed by atoms with E-state index in [9.17, 15) is 4.39 Å². The average Bonchev–Trinajstić information content (AvgIpc) is 2.63. The molecule has 2 rings (SSSR count). The van der Waals surface area contributed by atoms with Gasteiger partial charge in [-0.05, 0) is 34.1 Å². The predicted molar refractivity (Wildman–Crippen MR) is 58.7 cm³/mol. The number of nitrogens with two attached hydrogens (primary N) is 1. The molecule has 0 aliphatic rings. The van der Waals surface area contributed by atoms with E-state index in [4.69, 9.17) is 15.4 Å². The van der Waals surface area contributed by atoms with Crippen LogP contribution in [0.2, 0.25) is 0 Å². The number of nitriles is 1. The van der Waals surface area contributed by atoms with Crippen LogP contribution >= 0.6 is 15.9 Å². The number of nitrogen functional groups attached to an aromatic ring is 1. The van der Waals surface area contributed by atoms with Gasteiger partial charge in [-0.1, -0.05) is 0 Å². The van der Waals surface area contributed by atoms with E-state index >= 15 is 0 Å². The summed E-state index contributed by atoms with van der Waals surface area (Å²) < 4.78 is 18.7. The third-order valence-electron chi connectivity index (χ3n) is 1.92. The van der Waals surface area contributed by atoms with Crippen LogP contribution in [-0.2, 0) is 0 Å². The van der Waals surface area contributed by atoms with Gasteiger partial charge in [-0.2, -0.15) is 10.2 Å². The molecule has 2 N–H and O–H groups in total. The van der Waals surface area contributed by atoms with Crippen LogP contribution in [0.5, 0.6) is 0 Å². The molecule has 4 nitrogen and oxygen atoms in total. The fourth-order valence-electron chi connectivity index (χ4n) is 1.19. The molecule has 1 aromatic heterocycles. The largest absolute Gasteiger partial charge is 0.419 e. The van der Waals surface area contributed by atoms with Crippen LogP contribution in [0.25, 0.3) is 11.5 Å². The van der Waals surface area contributed by atoms with Gasteiger partial charge in [0.05, 0.1) is 5.56 Å². The number of hydrogen-bond donors (Lipinski definition) is 1. The summed E-state index contributed by atoms with van der Waals surface area (Å²) >= 11 is 3.23. The van der Waals surface area contributed by atoms with Gasteiger partial charge < -0.3 is 10.2 Å². The van der Waals surface area contributed by atoms with Crippen molar-refractivity contribution < 1.29 is 8.81 Å². The fraction of sp³-hybridized carbons (Fsp3) is 0. The Kier molecular flexibility index (Phi) is 2.62. The molecule has 1 aromatic carbocycles. The molecule has 16 heavy (non-hydrogen) atoms. The highest BCUT2D eigenvalue weighted by atomic mass is 79.9. The number of benzene rings is 1. The Labute approximate surface area is 98.6 Å². The van der Waals surface area contributed by atoms with Gasteiger partial charge in [0.1, 0.15) is 11.9 Å². The molecule has 2 aromatic rings. The molecular formula is C10H5BrFN3O. The number of halogens is 2. The second-order valence-electron chi connectivity index (χ2n) is 2.97. The summed E-state index contributed by atoms with van der Waals surface area (Å²) in [6.45, 7) is 0. The topological polar surface area (TPSA) is 75.8 Å². The van der Waals surface area contributed by atoms with E-state index in [1.807, 2.05) is 0 Å². The van der Waals surface area contributed by atoms with Gasteiger partial charge in [0.2, 0.25) is 17.5 Å². The van der Waals surface area contributed by atoms with Gasteiger partial charge in [0, 0.05) is 4.47 Å². The SMILES string of the molecule is N#Cc1nc(-c2cc(F)ccc2Br)oc1N. The number of nitrogens with zero attached hydrogens (tertiary/aromatic N) is 2. The van der Waals surface area contributed by atoms with E-state index in [2.05, 4.69) is 20.9 Å². The number of oxazole rings is 1. The van der Waals surface area contributed by atoms with E-state index in [0.29, 0.717) is 10.0 Å². The molecule has 0 aliphatic heterocycles. The second-order valence-corrected chi connectivity index (χ2v) is 3.82. The van der Waals surface area contributed by atoms with Crippen molar-refractivity contribution in [1.82, 2.24) is 4.98 Å². The Balaban J connectivity index is 2.59. The van der Waals surface area contributed by atoms with E-state index in [-0.39, 0.29) is 17.5 Å². The van der Waals surface area contributed by atoms with E-state index < -0.39 is 5.82 Å². The minimum absolute atomic E-state index is 0.00818. The molecule has 0 amide bonds. The van der Waals surface area contributed by atoms with Gasteiger partial charge in [-0.15, -0.1) is 0 Å². The molecule has 0 bridgehead atoms. The third-order valence-corrected chi connectivity index (χ3v) is 2.61. The summed E-state index contributed by atoms with van der Waals surface area (Å²) in [6.07, 6.45) is 0. The van der Waals surface area contributed by atoms with Crippen LogP contribution in [-0.4, -0.2) is 4.98 Å². The highest BCUT2D eigenvalue weighted by Gasteiger charge is 2.14. The molecule has 0 radical (unpaired) electrons. The van der Waals surface area contributed by atoms with E-state index in [1.54, 1.807) is 6.07 Å². The minimum atomic E-state index is -0.423. The predicted octanol–water partition coefficient (Wildman–Crippen LogP) is 2.70. The van der Waals surface area contributed by atoms with Crippen molar-refractivity contribution in [2.24, 2.45) is 0 Å². The normalized spacial score (nSPS) is 10.1. The first-order valence-electron chi connectivity index (χ1n) is 4.23.